The van der Waals surface area contributed by atoms with E-state index in [0.29, 0.717) is 16.4 Å². The summed E-state index contributed by atoms with van der Waals surface area (Å²) in [6.07, 6.45) is 1.92. The maximum absolute atomic E-state index is 13.1. The van der Waals surface area contributed by atoms with Crippen molar-refractivity contribution in [3.05, 3.63) is 28.2 Å². The first-order chi connectivity index (χ1) is 12.6. The monoisotopic (exact) mass is 389 g/mol. The summed E-state index contributed by atoms with van der Waals surface area (Å²) in [5, 5.41) is 10.8. The molecule has 8 heteroatoms. The van der Waals surface area contributed by atoms with Gasteiger partial charge in [-0.15, -0.1) is 11.3 Å². The van der Waals surface area contributed by atoms with Crippen molar-refractivity contribution in [2.75, 3.05) is 18.4 Å². The number of aryl methyl sites for hydroxylation is 2. The molecule has 0 aliphatic carbocycles. The van der Waals surface area contributed by atoms with E-state index >= 15 is 0 Å². The molecule has 1 saturated heterocycles. The van der Waals surface area contributed by atoms with Gasteiger partial charge in [0.1, 0.15) is 5.82 Å². The number of piperidine rings is 1. The molecule has 146 valence electrons. The molecule has 1 aliphatic heterocycles. The molecule has 0 saturated carbocycles. The first kappa shape index (κ1) is 19.5. The second-order valence-corrected chi connectivity index (χ2v) is 9.25. The molecular weight excluding hydrogens is 362 g/mol. The van der Waals surface area contributed by atoms with E-state index in [-0.39, 0.29) is 17.7 Å². The molecule has 0 unspecified atom stereocenters. The Hall–Kier alpha value is -2.22. The molecule has 0 bridgehead atoms. The standard InChI is InChI=1S/C19H27N5O2S/c1-11-9-14(21-18(26)19(3,4)5)27-15(11)17(25)24-8-6-7-13(10-24)16-20-12(2)22-23-16/h9,13H,6-8,10H2,1-5H3,(H,21,26)(H,20,22,23)/t13-/m0/s1. The van der Waals surface area contributed by atoms with Crippen LogP contribution in [0.25, 0.3) is 0 Å². The highest BCUT2D eigenvalue weighted by Crippen LogP contribution is 2.32. The first-order valence-corrected chi connectivity index (χ1v) is 10.1. The van der Waals surface area contributed by atoms with E-state index in [9.17, 15) is 9.59 Å². The molecule has 3 heterocycles. The third-order valence-electron chi connectivity index (χ3n) is 4.72. The van der Waals surface area contributed by atoms with Crippen LogP contribution in [0.3, 0.4) is 0 Å². The number of anilines is 1. The van der Waals surface area contributed by atoms with E-state index in [1.165, 1.54) is 11.3 Å². The summed E-state index contributed by atoms with van der Waals surface area (Å²) in [6.45, 7) is 10.8. The Balaban J connectivity index is 1.72. The molecule has 0 radical (unpaired) electrons. The van der Waals surface area contributed by atoms with Crippen LogP contribution in [-0.2, 0) is 4.79 Å². The second-order valence-electron chi connectivity index (χ2n) is 8.20. The number of rotatable bonds is 3. The first-order valence-electron chi connectivity index (χ1n) is 9.25. The molecule has 1 fully saturated rings. The fraction of sp³-hybridized carbons (Fsp3) is 0.579. The highest BCUT2D eigenvalue weighted by atomic mass is 32.1. The van der Waals surface area contributed by atoms with Gasteiger partial charge >= 0.3 is 0 Å². The highest BCUT2D eigenvalue weighted by molar-refractivity contribution is 7.18. The predicted molar refractivity (Wildman–Crippen MR) is 106 cm³/mol. The van der Waals surface area contributed by atoms with Gasteiger partial charge in [-0.05, 0) is 38.3 Å². The van der Waals surface area contributed by atoms with Gasteiger partial charge in [0.25, 0.3) is 5.91 Å². The normalized spacial score (nSPS) is 17.8. The molecule has 27 heavy (non-hydrogen) atoms. The van der Waals surface area contributed by atoms with Crippen LogP contribution in [0, 0.1) is 19.3 Å². The average molecular weight is 390 g/mol. The number of hydrogen-bond donors (Lipinski definition) is 2. The van der Waals surface area contributed by atoms with Gasteiger partial charge in [-0.1, -0.05) is 20.8 Å². The zero-order chi connectivity index (χ0) is 19.8. The van der Waals surface area contributed by atoms with E-state index < -0.39 is 5.41 Å². The van der Waals surface area contributed by atoms with Gasteiger partial charge in [-0.3, -0.25) is 14.7 Å². The summed E-state index contributed by atoms with van der Waals surface area (Å²) >= 11 is 1.35. The van der Waals surface area contributed by atoms with Crippen LogP contribution in [0.1, 0.15) is 66.4 Å². The molecule has 2 amide bonds. The second kappa shape index (κ2) is 7.42. The van der Waals surface area contributed by atoms with E-state index in [4.69, 9.17) is 0 Å². The van der Waals surface area contributed by atoms with Crippen molar-refractivity contribution >= 4 is 28.2 Å². The van der Waals surface area contributed by atoms with Crippen molar-refractivity contribution in [2.24, 2.45) is 5.41 Å². The topological polar surface area (TPSA) is 91.0 Å². The lowest BCUT2D eigenvalue weighted by atomic mass is 9.96. The number of nitrogens with zero attached hydrogens (tertiary/aromatic N) is 3. The van der Waals surface area contributed by atoms with Gasteiger partial charge in [0.15, 0.2) is 5.82 Å². The number of aromatic nitrogens is 3. The van der Waals surface area contributed by atoms with Gasteiger partial charge < -0.3 is 10.2 Å². The minimum atomic E-state index is -0.475. The van der Waals surface area contributed by atoms with Crippen LogP contribution < -0.4 is 5.32 Å². The van der Waals surface area contributed by atoms with Crippen molar-refractivity contribution < 1.29 is 9.59 Å². The van der Waals surface area contributed by atoms with Crippen molar-refractivity contribution in [1.29, 1.82) is 0 Å². The quantitative estimate of drug-likeness (QED) is 0.841. The van der Waals surface area contributed by atoms with E-state index in [0.717, 1.165) is 36.6 Å². The summed E-state index contributed by atoms with van der Waals surface area (Å²) in [6, 6.07) is 1.88. The summed E-state index contributed by atoms with van der Waals surface area (Å²) in [4.78, 5) is 32.3. The molecule has 0 aromatic carbocycles. The van der Waals surface area contributed by atoms with E-state index in [1.807, 2.05) is 45.6 Å². The molecular formula is C19H27N5O2S. The molecule has 3 rings (SSSR count). The maximum atomic E-state index is 13.1. The number of carbonyl (C=O) groups is 2. The van der Waals surface area contributed by atoms with Crippen LogP contribution in [0.5, 0.6) is 0 Å². The lowest BCUT2D eigenvalue weighted by Gasteiger charge is -2.31. The van der Waals surface area contributed by atoms with Gasteiger partial charge in [0, 0.05) is 24.4 Å². The van der Waals surface area contributed by atoms with Crippen LogP contribution in [0.2, 0.25) is 0 Å². The lowest BCUT2D eigenvalue weighted by molar-refractivity contribution is -0.123. The van der Waals surface area contributed by atoms with Crippen molar-refractivity contribution in [2.45, 2.75) is 53.4 Å². The smallest absolute Gasteiger partial charge is 0.264 e. The lowest BCUT2D eigenvalue weighted by Crippen LogP contribution is -2.39. The third kappa shape index (κ3) is 4.37. The van der Waals surface area contributed by atoms with Gasteiger partial charge in [0.2, 0.25) is 5.91 Å². The molecule has 2 aromatic heterocycles. The Kier molecular flexibility index (Phi) is 5.37. The van der Waals surface area contributed by atoms with E-state index in [1.54, 1.807) is 0 Å². The molecule has 1 atom stereocenters. The van der Waals surface area contributed by atoms with Gasteiger partial charge in [-0.25, -0.2) is 4.98 Å². The summed E-state index contributed by atoms with van der Waals surface area (Å²) in [5.74, 6) is 1.70. The summed E-state index contributed by atoms with van der Waals surface area (Å²) in [5.41, 5.74) is 0.418. The average Bonchev–Trinajstić information content (AvgIpc) is 3.19. The Morgan fingerprint density at radius 1 is 1.33 bits per heavy atom. The molecule has 1 aliphatic rings. The zero-order valence-corrected chi connectivity index (χ0v) is 17.4. The zero-order valence-electron chi connectivity index (χ0n) is 16.5. The van der Waals surface area contributed by atoms with Crippen LogP contribution >= 0.6 is 11.3 Å². The van der Waals surface area contributed by atoms with Crippen molar-refractivity contribution in [1.82, 2.24) is 20.1 Å². The van der Waals surface area contributed by atoms with Crippen LogP contribution in [-0.4, -0.2) is 45.0 Å². The molecule has 0 spiro atoms. The third-order valence-corrected chi connectivity index (χ3v) is 5.86. The number of H-pyrrole nitrogens is 1. The number of thiophene rings is 1. The van der Waals surface area contributed by atoms with Gasteiger partial charge in [0.05, 0.1) is 9.88 Å². The largest absolute Gasteiger partial charge is 0.337 e. The number of aromatic amines is 1. The van der Waals surface area contributed by atoms with Gasteiger partial charge in [-0.2, -0.15) is 5.10 Å². The van der Waals surface area contributed by atoms with Crippen LogP contribution in [0.4, 0.5) is 5.00 Å². The number of likely N-dealkylation sites (tertiary alicyclic amines) is 1. The number of nitrogens with one attached hydrogen (secondary N) is 2. The summed E-state index contributed by atoms with van der Waals surface area (Å²) < 4.78 is 0. The summed E-state index contributed by atoms with van der Waals surface area (Å²) in [7, 11) is 0. The minimum Gasteiger partial charge on any atom is -0.337 e. The van der Waals surface area contributed by atoms with Crippen LogP contribution in [0.15, 0.2) is 6.07 Å². The fourth-order valence-corrected chi connectivity index (χ4v) is 4.15. The fourth-order valence-electron chi connectivity index (χ4n) is 3.11. The number of carbonyl (C=O) groups excluding carboxylic acids is 2. The molecule has 2 N–H and O–H groups in total. The molecule has 7 nitrogen and oxygen atoms in total. The van der Waals surface area contributed by atoms with Crippen molar-refractivity contribution in [3.63, 3.8) is 0 Å². The Morgan fingerprint density at radius 2 is 2.07 bits per heavy atom. The van der Waals surface area contributed by atoms with E-state index in [2.05, 4.69) is 20.5 Å². The minimum absolute atomic E-state index is 0.0192. The predicted octanol–water partition coefficient (Wildman–Crippen LogP) is 3.49. The Morgan fingerprint density at radius 3 is 2.70 bits per heavy atom. The Bertz CT molecular complexity index is 849. The molecule has 2 aromatic rings. The maximum Gasteiger partial charge on any atom is 0.264 e. The number of hydrogen-bond acceptors (Lipinski definition) is 5. The highest BCUT2D eigenvalue weighted by Gasteiger charge is 2.30. The van der Waals surface area contributed by atoms with Crippen molar-refractivity contribution in [3.8, 4) is 0 Å². The number of amides is 2. The SMILES string of the molecule is Cc1nc([C@H]2CCCN(C(=O)c3sc(NC(=O)C(C)(C)C)cc3C)C2)n[nH]1. The Labute approximate surface area is 163 Å².